The molecule has 0 nitrogen and oxygen atoms in total. The van der Waals surface area contributed by atoms with E-state index in [4.69, 9.17) is 0 Å². The molecule has 1 aliphatic carbocycles. The molecule has 2 heteroatoms. The number of hydrogen-bond donors (Lipinski definition) is 0. The van der Waals surface area contributed by atoms with Crippen LogP contribution in [0, 0.1) is 0 Å². The molecule has 0 aromatic heterocycles. The molecule has 1 aromatic carbocycles. The number of thioether (sulfide) groups is 1. The second-order valence-corrected chi connectivity index (χ2v) is 9.28. The van der Waals surface area contributed by atoms with E-state index in [1.807, 2.05) is 11.8 Å². The monoisotopic (exact) mass is 402 g/mol. The number of allylic oxidation sites excluding steroid dienone is 3. The molecule has 0 saturated heterocycles. The van der Waals surface area contributed by atoms with Crippen molar-refractivity contribution >= 4 is 32.7 Å². The second kappa shape index (κ2) is 9.72. The third-order valence-electron chi connectivity index (χ3n) is 3.41. The molecule has 0 heterocycles. The molecular weight excluding hydrogens is 376 g/mol. The summed E-state index contributed by atoms with van der Waals surface area (Å²) < 4.78 is 3.18. The van der Waals surface area contributed by atoms with Crippen LogP contribution in [-0.2, 0) is 0 Å². The number of benzene rings is 1. The average Bonchev–Trinajstić information content (AvgIpc) is 2.52. The van der Waals surface area contributed by atoms with Crippen molar-refractivity contribution < 1.29 is 0 Å². The molecule has 1 aromatic rings. The van der Waals surface area contributed by atoms with Gasteiger partial charge in [0.15, 0.2) is 0 Å². The fraction of sp³-hybridized carbons (Fsp3) is 0.444. The van der Waals surface area contributed by atoms with Crippen molar-refractivity contribution in [2.75, 3.05) is 0 Å². The van der Waals surface area contributed by atoms with Crippen LogP contribution in [0.25, 0.3) is 0 Å². The van der Waals surface area contributed by atoms with Gasteiger partial charge in [0.2, 0.25) is 0 Å². The Morgan fingerprint density at radius 3 is 2.80 bits per heavy atom. The maximum atomic E-state index is 2.51. The first-order valence-corrected chi connectivity index (χ1v) is 11.3. The van der Waals surface area contributed by atoms with Crippen molar-refractivity contribution in [2.45, 2.75) is 54.8 Å². The average molecular weight is 400 g/mol. The molecule has 0 radical (unpaired) electrons. The molecule has 2 rings (SSSR count). The predicted molar refractivity (Wildman–Crippen MR) is 92.4 cm³/mol. The normalized spacial score (nSPS) is 16.1. The Hall–Kier alpha value is -0.160. The van der Waals surface area contributed by atoms with Gasteiger partial charge in [-0.1, -0.05) is 0 Å². The SMILES string of the molecule is CCCC[Te]/C(=C\Sc1ccccc1)C1=CCCCC1. The van der Waals surface area contributed by atoms with E-state index in [0.29, 0.717) is 0 Å². The molecule has 0 bridgehead atoms. The first-order valence-electron chi connectivity index (χ1n) is 7.64. The van der Waals surface area contributed by atoms with Crippen LogP contribution in [0.1, 0.15) is 45.4 Å². The summed E-state index contributed by atoms with van der Waals surface area (Å²) in [4.78, 5) is 1.37. The molecule has 0 spiro atoms. The van der Waals surface area contributed by atoms with Gasteiger partial charge in [-0.15, -0.1) is 0 Å². The quantitative estimate of drug-likeness (QED) is 0.306. The van der Waals surface area contributed by atoms with Gasteiger partial charge >= 0.3 is 139 Å². The van der Waals surface area contributed by atoms with Crippen LogP contribution in [0.5, 0.6) is 0 Å². The fourth-order valence-corrected chi connectivity index (χ4v) is 6.90. The van der Waals surface area contributed by atoms with Crippen molar-refractivity contribution in [3.8, 4) is 0 Å². The maximum absolute atomic E-state index is 2.51. The Labute approximate surface area is 138 Å². The zero-order chi connectivity index (χ0) is 14.0. The van der Waals surface area contributed by atoms with E-state index in [1.165, 1.54) is 47.9 Å². The summed E-state index contributed by atoms with van der Waals surface area (Å²) in [5.74, 6) is 0. The predicted octanol–water partition coefficient (Wildman–Crippen LogP) is 6.04. The van der Waals surface area contributed by atoms with Gasteiger partial charge in [-0.2, -0.15) is 0 Å². The Balaban J connectivity index is 2.02. The van der Waals surface area contributed by atoms with Crippen molar-refractivity contribution in [1.82, 2.24) is 0 Å². The molecule has 0 fully saturated rings. The van der Waals surface area contributed by atoms with Crippen LogP contribution in [-0.4, -0.2) is 20.9 Å². The van der Waals surface area contributed by atoms with Gasteiger partial charge in [0.1, 0.15) is 0 Å². The molecule has 0 unspecified atom stereocenters. The first-order chi connectivity index (χ1) is 9.90. The van der Waals surface area contributed by atoms with E-state index in [1.54, 1.807) is 9.19 Å². The fourth-order valence-electron chi connectivity index (χ4n) is 2.21. The third kappa shape index (κ3) is 5.68. The number of unbranched alkanes of at least 4 members (excludes halogenated alkanes) is 1. The summed E-state index contributed by atoms with van der Waals surface area (Å²) in [6.45, 7) is 2.30. The molecule has 0 saturated carbocycles. The zero-order valence-corrected chi connectivity index (χ0v) is 15.5. The Morgan fingerprint density at radius 2 is 2.10 bits per heavy atom. The van der Waals surface area contributed by atoms with Gasteiger partial charge in [-0.25, -0.2) is 0 Å². The molecule has 0 amide bonds. The Bertz CT molecular complexity index is 448. The van der Waals surface area contributed by atoms with E-state index in [-0.39, 0.29) is 20.9 Å². The van der Waals surface area contributed by atoms with Gasteiger partial charge in [-0.05, 0) is 0 Å². The summed E-state index contributed by atoms with van der Waals surface area (Å²) in [6.07, 6.45) is 10.6. The van der Waals surface area contributed by atoms with Gasteiger partial charge in [0.25, 0.3) is 0 Å². The summed E-state index contributed by atoms with van der Waals surface area (Å²) >= 11 is 1.92. The molecule has 0 N–H and O–H groups in total. The molecule has 0 atom stereocenters. The summed E-state index contributed by atoms with van der Waals surface area (Å²) in [6, 6.07) is 10.8. The van der Waals surface area contributed by atoms with Gasteiger partial charge in [-0.3, -0.25) is 0 Å². The van der Waals surface area contributed by atoms with Crippen LogP contribution in [0.2, 0.25) is 4.47 Å². The van der Waals surface area contributed by atoms with Gasteiger partial charge in [0, 0.05) is 0 Å². The summed E-state index contributed by atoms with van der Waals surface area (Å²) in [5.41, 5.74) is 1.68. The molecular formula is C18H24STe. The van der Waals surface area contributed by atoms with Crippen molar-refractivity contribution in [3.63, 3.8) is 0 Å². The standard InChI is InChI=1S/C18H24STe/c1-2-3-14-20-18(16-10-6-4-7-11-16)15-19-17-12-8-5-9-13-17/h5,8-10,12-13,15H,2-4,6-7,11,14H2,1H3/b18-15-. The van der Waals surface area contributed by atoms with Crippen molar-refractivity contribution in [1.29, 1.82) is 0 Å². The van der Waals surface area contributed by atoms with Gasteiger partial charge in [0.05, 0.1) is 0 Å². The third-order valence-corrected chi connectivity index (χ3v) is 8.15. The van der Waals surface area contributed by atoms with Crippen LogP contribution < -0.4 is 0 Å². The first kappa shape index (κ1) is 16.2. The molecule has 20 heavy (non-hydrogen) atoms. The summed E-state index contributed by atoms with van der Waals surface area (Å²) in [7, 11) is 0. The minimum atomic E-state index is 0.0103. The van der Waals surface area contributed by atoms with Crippen molar-refractivity contribution in [2.24, 2.45) is 0 Å². The van der Waals surface area contributed by atoms with E-state index >= 15 is 0 Å². The molecule has 108 valence electrons. The van der Waals surface area contributed by atoms with Crippen molar-refractivity contribution in [3.05, 3.63) is 51.0 Å². The molecule has 1 aliphatic rings. The van der Waals surface area contributed by atoms with E-state index < -0.39 is 0 Å². The summed E-state index contributed by atoms with van der Waals surface area (Å²) in [5, 5.41) is 2.46. The van der Waals surface area contributed by atoms with E-state index in [9.17, 15) is 0 Å². The van der Waals surface area contributed by atoms with Gasteiger partial charge < -0.3 is 0 Å². The molecule has 0 aliphatic heterocycles. The second-order valence-electron chi connectivity index (χ2n) is 5.09. The van der Waals surface area contributed by atoms with Crippen LogP contribution in [0.3, 0.4) is 0 Å². The van der Waals surface area contributed by atoms with Crippen LogP contribution >= 0.6 is 11.8 Å². The number of hydrogen-bond acceptors (Lipinski definition) is 1. The minimum absolute atomic E-state index is 0.0103. The van der Waals surface area contributed by atoms with E-state index in [0.717, 1.165) is 0 Å². The zero-order valence-electron chi connectivity index (χ0n) is 12.3. The Kier molecular flexibility index (Phi) is 7.88. The van der Waals surface area contributed by atoms with E-state index in [2.05, 4.69) is 48.7 Å². The van der Waals surface area contributed by atoms with Crippen LogP contribution in [0.15, 0.2) is 55.9 Å². The van der Waals surface area contributed by atoms with Crippen LogP contribution in [0.4, 0.5) is 0 Å². The number of rotatable bonds is 7. The Morgan fingerprint density at radius 1 is 1.25 bits per heavy atom. The topological polar surface area (TPSA) is 0 Å².